The summed E-state index contributed by atoms with van der Waals surface area (Å²) in [5.74, 6) is -0.448. The average Bonchev–Trinajstić information content (AvgIpc) is 2.95. The Balaban J connectivity index is 2.51. The van der Waals surface area contributed by atoms with Crippen molar-refractivity contribution in [2.24, 2.45) is 5.92 Å². The standard InChI is InChI=1S/C14H24N4O3S2/c1-6-9(4)11(12(20)21-5)16-10(19)7-22-14-18-17-13(23-14)15-8(2)3/h8-9,11H,6-7H2,1-5H3,(H,15,17)(H,16,19). The number of thioether (sulfide) groups is 1. The maximum atomic E-state index is 12.1. The second-order valence-electron chi connectivity index (χ2n) is 5.41. The number of carbonyl (C=O) groups excluding carboxylic acids is 2. The van der Waals surface area contributed by atoms with Crippen LogP contribution in [0, 0.1) is 5.92 Å². The van der Waals surface area contributed by atoms with Crippen LogP contribution in [0.15, 0.2) is 4.34 Å². The third kappa shape index (κ3) is 6.74. The van der Waals surface area contributed by atoms with E-state index in [1.807, 2.05) is 27.7 Å². The van der Waals surface area contributed by atoms with E-state index in [0.717, 1.165) is 11.6 Å². The Morgan fingerprint density at radius 2 is 2.00 bits per heavy atom. The number of nitrogens with zero attached hydrogens (tertiary/aromatic N) is 2. The fourth-order valence-electron chi connectivity index (χ4n) is 1.71. The van der Waals surface area contributed by atoms with Gasteiger partial charge in [-0.3, -0.25) is 4.79 Å². The van der Waals surface area contributed by atoms with Crippen LogP contribution in [0.1, 0.15) is 34.1 Å². The van der Waals surface area contributed by atoms with Crippen LogP contribution in [-0.4, -0.2) is 47.0 Å². The van der Waals surface area contributed by atoms with Crippen molar-refractivity contribution in [1.82, 2.24) is 15.5 Å². The Labute approximate surface area is 145 Å². The number of esters is 1. The summed E-state index contributed by atoms with van der Waals surface area (Å²) >= 11 is 2.70. The van der Waals surface area contributed by atoms with Gasteiger partial charge in [-0.1, -0.05) is 43.4 Å². The van der Waals surface area contributed by atoms with E-state index in [-0.39, 0.29) is 23.6 Å². The zero-order chi connectivity index (χ0) is 17.4. The number of rotatable bonds is 9. The zero-order valence-electron chi connectivity index (χ0n) is 14.1. The third-order valence-corrected chi connectivity index (χ3v) is 5.12. The topological polar surface area (TPSA) is 93.2 Å². The van der Waals surface area contributed by atoms with E-state index >= 15 is 0 Å². The van der Waals surface area contributed by atoms with Gasteiger partial charge in [-0.05, 0) is 19.8 Å². The largest absolute Gasteiger partial charge is 0.467 e. The van der Waals surface area contributed by atoms with Crippen LogP contribution >= 0.6 is 23.1 Å². The van der Waals surface area contributed by atoms with Crippen LogP contribution in [0.4, 0.5) is 5.13 Å². The molecule has 1 aromatic heterocycles. The smallest absolute Gasteiger partial charge is 0.328 e. The predicted octanol–water partition coefficient (Wildman–Crippen LogP) is 2.15. The fourth-order valence-corrected chi connectivity index (χ4v) is 3.42. The molecule has 7 nitrogen and oxygen atoms in total. The fraction of sp³-hybridized carbons (Fsp3) is 0.714. The molecular formula is C14H24N4O3S2. The molecule has 0 bridgehead atoms. The van der Waals surface area contributed by atoms with E-state index in [1.54, 1.807) is 0 Å². The van der Waals surface area contributed by atoms with Crippen molar-refractivity contribution >= 4 is 40.1 Å². The summed E-state index contributed by atoms with van der Waals surface area (Å²) in [6, 6.07) is -0.342. The summed E-state index contributed by atoms with van der Waals surface area (Å²) in [5, 5.41) is 14.7. The summed E-state index contributed by atoms with van der Waals surface area (Å²) in [6.07, 6.45) is 0.772. The van der Waals surface area contributed by atoms with Gasteiger partial charge in [0.05, 0.1) is 12.9 Å². The molecule has 2 N–H and O–H groups in total. The number of ether oxygens (including phenoxy) is 1. The second-order valence-corrected chi connectivity index (χ2v) is 7.61. The lowest BCUT2D eigenvalue weighted by Crippen LogP contribution is -2.46. The molecule has 1 amide bonds. The number of hydrogen-bond acceptors (Lipinski definition) is 8. The number of hydrogen-bond donors (Lipinski definition) is 2. The van der Waals surface area contributed by atoms with Crippen molar-refractivity contribution in [3.8, 4) is 0 Å². The van der Waals surface area contributed by atoms with E-state index < -0.39 is 12.0 Å². The number of carbonyl (C=O) groups is 2. The minimum absolute atomic E-state index is 0.0137. The highest BCUT2D eigenvalue weighted by molar-refractivity contribution is 8.01. The lowest BCUT2D eigenvalue weighted by atomic mass is 9.99. The Morgan fingerprint density at radius 1 is 1.30 bits per heavy atom. The number of nitrogens with one attached hydrogen (secondary N) is 2. The Hall–Kier alpha value is -1.35. The SMILES string of the molecule is CCC(C)C(NC(=O)CSc1nnc(NC(C)C)s1)C(=O)OC. The molecule has 23 heavy (non-hydrogen) atoms. The Bertz CT molecular complexity index is 522. The first-order valence-corrected chi connectivity index (χ1v) is 9.27. The molecule has 0 aliphatic carbocycles. The highest BCUT2D eigenvalue weighted by atomic mass is 32.2. The molecule has 0 radical (unpaired) electrons. The summed E-state index contributed by atoms with van der Waals surface area (Å²) in [4.78, 5) is 23.8. The molecule has 2 atom stereocenters. The molecule has 130 valence electrons. The number of anilines is 1. The highest BCUT2D eigenvalue weighted by Crippen LogP contribution is 2.25. The molecule has 0 saturated heterocycles. The van der Waals surface area contributed by atoms with E-state index in [2.05, 4.69) is 20.8 Å². The zero-order valence-corrected chi connectivity index (χ0v) is 15.7. The number of methoxy groups -OCH3 is 1. The first-order chi connectivity index (χ1) is 10.9. The van der Waals surface area contributed by atoms with Gasteiger partial charge < -0.3 is 15.4 Å². The van der Waals surface area contributed by atoms with Gasteiger partial charge in [-0.15, -0.1) is 10.2 Å². The molecule has 0 aliphatic heterocycles. The van der Waals surface area contributed by atoms with Crippen molar-refractivity contribution in [1.29, 1.82) is 0 Å². The number of amides is 1. The molecule has 2 unspecified atom stereocenters. The van der Waals surface area contributed by atoms with Gasteiger partial charge in [-0.25, -0.2) is 4.79 Å². The second kappa shape index (κ2) is 9.71. The summed E-state index contributed by atoms with van der Waals surface area (Å²) in [5.41, 5.74) is 0. The molecule has 0 aliphatic rings. The van der Waals surface area contributed by atoms with Crippen LogP contribution in [-0.2, 0) is 14.3 Å². The maximum absolute atomic E-state index is 12.1. The van der Waals surface area contributed by atoms with Crippen molar-refractivity contribution in [3.05, 3.63) is 0 Å². The molecule has 0 fully saturated rings. The molecule has 0 spiro atoms. The quantitative estimate of drug-likeness (QED) is 0.515. The van der Waals surface area contributed by atoms with Crippen molar-refractivity contribution in [2.45, 2.75) is 50.5 Å². The van der Waals surface area contributed by atoms with Gasteiger partial charge in [0.2, 0.25) is 11.0 Å². The Morgan fingerprint density at radius 3 is 2.57 bits per heavy atom. The summed E-state index contributed by atoms with van der Waals surface area (Å²) in [7, 11) is 1.32. The first-order valence-electron chi connectivity index (χ1n) is 7.47. The summed E-state index contributed by atoms with van der Waals surface area (Å²) in [6.45, 7) is 7.91. The molecule has 1 aromatic rings. The van der Waals surface area contributed by atoms with Crippen LogP contribution in [0.5, 0.6) is 0 Å². The lowest BCUT2D eigenvalue weighted by molar-refractivity contribution is -0.146. The minimum atomic E-state index is -0.620. The van der Waals surface area contributed by atoms with Gasteiger partial charge in [0, 0.05) is 6.04 Å². The maximum Gasteiger partial charge on any atom is 0.328 e. The molecule has 0 aromatic carbocycles. The van der Waals surface area contributed by atoms with Crippen molar-refractivity contribution < 1.29 is 14.3 Å². The normalized spacial score (nSPS) is 13.5. The summed E-state index contributed by atoms with van der Waals surface area (Å²) < 4.78 is 5.46. The van der Waals surface area contributed by atoms with E-state index in [0.29, 0.717) is 4.34 Å². The van der Waals surface area contributed by atoms with Gasteiger partial charge in [0.1, 0.15) is 6.04 Å². The van der Waals surface area contributed by atoms with Crippen LogP contribution in [0.3, 0.4) is 0 Å². The minimum Gasteiger partial charge on any atom is -0.467 e. The Kier molecular flexibility index (Phi) is 8.32. The van der Waals surface area contributed by atoms with E-state index in [1.165, 1.54) is 30.2 Å². The first kappa shape index (κ1) is 19.7. The highest BCUT2D eigenvalue weighted by Gasteiger charge is 2.26. The molecule has 1 heterocycles. The van der Waals surface area contributed by atoms with Crippen molar-refractivity contribution in [2.75, 3.05) is 18.2 Å². The average molecular weight is 361 g/mol. The molecule has 9 heteroatoms. The molecule has 0 saturated carbocycles. The van der Waals surface area contributed by atoms with E-state index in [4.69, 9.17) is 4.74 Å². The lowest BCUT2D eigenvalue weighted by Gasteiger charge is -2.21. The monoisotopic (exact) mass is 360 g/mol. The number of aromatic nitrogens is 2. The van der Waals surface area contributed by atoms with Gasteiger partial charge in [0.15, 0.2) is 4.34 Å². The molecular weight excluding hydrogens is 336 g/mol. The van der Waals surface area contributed by atoms with Crippen LogP contribution in [0.2, 0.25) is 0 Å². The predicted molar refractivity (Wildman–Crippen MR) is 92.8 cm³/mol. The van der Waals surface area contributed by atoms with Crippen LogP contribution in [0.25, 0.3) is 0 Å². The van der Waals surface area contributed by atoms with Gasteiger partial charge in [-0.2, -0.15) is 0 Å². The van der Waals surface area contributed by atoms with Gasteiger partial charge in [0.25, 0.3) is 0 Å². The van der Waals surface area contributed by atoms with Gasteiger partial charge >= 0.3 is 5.97 Å². The third-order valence-electron chi connectivity index (χ3n) is 3.13. The van der Waals surface area contributed by atoms with E-state index in [9.17, 15) is 9.59 Å². The van der Waals surface area contributed by atoms with Crippen molar-refractivity contribution in [3.63, 3.8) is 0 Å². The van der Waals surface area contributed by atoms with Crippen LogP contribution < -0.4 is 10.6 Å². The molecule has 1 rings (SSSR count).